The molecular formula is C11H12BrN3. The lowest BCUT2D eigenvalue weighted by atomic mass is 10.2. The summed E-state index contributed by atoms with van der Waals surface area (Å²) in [6.07, 6.45) is 3.77. The highest BCUT2D eigenvalue weighted by Crippen LogP contribution is 2.20. The third kappa shape index (κ3) is 2.21. The van der Waals surface area contributed by atoms with Gasteiger partial charge in [0, 0.05) is 29.1 Å². The van der Waals surface area contributed by atoms with E-state index in [1.165, 1.54) is 5.56 Å². The number of hydrogen-bond donors (Lipinski definition) is 1. The molecule has 0 aliphatic heterocycles. The van der Waals surface area contributed by atoms with Gasteiger partial charge < -0.3 is 10.3 Å². The Morgan fingerprint density at radius 2 is 2.27 bits per heavy atom. The van der Waals surface area contributed by atoms with E-state index in [-0.39, 0.29) is 0 Å². The fourth-order valence-corrected chi connectivity index (χ4v) is 1.71. The standard InChI is InChI=1S/C11H12BrN3/c1-8-14-4-5-15(8)7-9-2-3-10(12)11(13)6-9/h2-6H,7,13H2,1H3. The summed E-state index contributed by atoms with van der Waals surface area (Å²) >= 11 is 3.38. The van der Waals surface area contributed by atoms with Gasteiger partial charge in [0.15, 0.2) is 0 Å². The largest absolute Gasteiger partial charge is 0.398 e. The van der Waals surface area contributed by atoms with Crippen molar-refractivity contribution in [2.75, 3.05) is 5.73 Å². The van der Waals surface area contributed by atoms with Gasteiger partial charge in [0.05, 0.1) is 0 Å². The Morgan fingerprint density at radius 1 is 1.47 bits per heavy atom. The summed E-state index contributed by atoms with van der Waals surface area (Å²) in [7, 11) is 0. The van der Waals surface area contributed by atoms with Gasteiger partial charge in [-0.15, -0.1) is 0 Å². The maximum absolute atomic E-state index is 5.82. The summed E-state index contributed by atoms with van der Waals surface area (Å²) < 4.78 is 3.02. The van der Waals surface area contributed by atoms with Gasteiger partial charge in [-0.05, 0) is 40.5 Å². The maximum atomic E-state index is 5.82. The zero-order valence-electron chi connectivity index (χ0n) is 8.44. The number of aromatic nitrogens is 2. The van der Waals surface area contributed by atoms with Crippen LogP contribution in [0.5, 0.6) is 0 Å². The van der Waals surface area contributed by atoms with E-state index in [2.05, 4.69) is 31.5 Å². The summed E-state index contributed by atoms with van der Waals surface area (Å²) in [5.41, 5.74) is 7.76. The average molecular weight is 266 g/mol. The van der Waals surface area contributed by atoms with E-state index in [1.807, 2.05) is 25.3 Å². The Kier molecular flexibility index (Phi) is 2.77. The number of imidazole rings is 1. The monoisotopic (exact) mass is 265 g/mol. The van der Waals surface area contributed by atoms with Crippen molar-refractivity contribution in [3.05, 3.63) is 46.5 Å². The molecule has 3 nitrogen and oxygen atoms in total. The number of anilines is 1. The lowest BCUT2D eigenvalue weighted by Gasteiger charge is -2.06. The topological polar surface area (TPSA) is 43.8 Å². The number of nitrogens with zero attached hydrogens (tertiary/aromatic N) is 2. The Balaban J connectivity index is 2.25. The van der Waals surface area contributed by atoms with Crippen molar-refractivity contribution in [2.45, 2.75) is 13.5 Å². The highest BCUT2D eigenvalue weighted by molar-refractivity contribution is 9.10. The second-order valence-corrected chi connectivity index (χ2v) is 4.31. The molecule has 0 saturated heterocycles. The first-order valence-corrected chi connectivity index (χ1v) is 5.48. The van der Waals surface area contributed by atoms with E-state index in [0.29, 0.717) is 0 Å². The van der Waals surface area contributed by atoms with Crippen LogP contribution >= 0.6 is 15.9 Å². The Hall–Kier alpha value is -1.29. The Bertz CT molecular complexity index is 476. The van der Waals surface area contributed by atoms with Crippen molar-refractivity contribution >= 4 is 21.6 Å². The third-order valence-corrected chi connectivity index (χ3v) is 3.06. The minimum Gasteiger partial charge on any atom is -0.398 e. The lowest BCUT2D eigenvalue weighted by Crippen LogP contribution is -2.01. The summed E-state index contributed by atoms with van der Waals surface area (Å²) in [6.45, 7) is 2.80. The van der Waals surface area contributed by atoms with Gasteiger partial charge in [-0.3, -0.25) is 0 Å². The predicted molar refractivity (Wildman–Crippen MR) is 64.6 cm³/mol. The first-order valence-electron chi connectivity index (χ1n) is 4.68. The quantitative estimate of drug-likeness (QED) is 0.849. The van der Waals surface area contributed by atoms with E-state index in [9.17, 15) is 0 Å². The number of benzene rings is 1. The summed E-state index contributed by atoms with van der Waals surface area (Å²) in [6, 6.07) is 6.00. The molecule has 2 aromatic rings. The first kappa shape index (κ1) is 10.2. The molecule has 0 atom stereocenters. The van der Waals surface area contributed by atoms with Crippen LogP contribution in [0.2, 0.25) is 0 Å². The van der Waals surface area contributed by atoms with Gasteiger partial charge in [-0.25, -0.2) is 4.98 Å². The second kappa shape index (κ2) is 4.06. The molecule has 0 spiro atoms. The van der Waals surface area contributed by atoms with Crippen LogP contribution in [0.4, 0.5) is 5.69 Å². The van der Waals surface area contributed by atoms with Gasteiger partial charge in [0.2, 0.25) is 0 Å². The van der Waals surface area contributed by atoms with E-state index in [4.69, 9.17) is 5.73 Å². The van der Waals surface area contributed by atoms with E-state index in [1.54, 1.807) is 6.20 Å². The number of halogens is 1. The maximum Gasteiger partial charge on any atom is 0.105 e. The molecule has 1 aromatic carbocycles. The molecule has 0 aliphatic carbocycles. The molecule has 1 aromatic heterocycles. The minimum atomic E-state index is 0.769. The van der Waals surface area contributed by atoms with Crippen LogP contribution < -0.4 is 5.73 Å². The lowest BCUT2D eigenvalue weighted by molar-refractivity contribution is 0.762. The smallest absolute Gasteiger partial charge is 0.105 e. The summed E-state index contributed by atoms with van der Waals surface area (Å²) in [4.78, 5) is 4.18. The van der Waals surface area contributed by atoms with Crippen molar-refractivity contribution in [3.63, 3.8) is 0 Å². The molecule has 2 N–H and O–H groups in total. The van der Waals surface area contributed by atoms with E-state index < -0.39 is 0 Å². The minimum absolute atomic E-state index is 0.769. The molecule has 0 bridgehead atoms. The number of nitrogen functional groups attached to an aromatic ring is 1. The van der Waals surface area contributed by atoms with Crippen LogP contribution in [0.3, 0.4) is 0 Å². The van der Waals surface area contributed by atoms with Gasteiger partial charge in [-0.2, -0.15) is 0 Å². The SMILES string of the molecule is Cc1nccn1Cc1ccc(Br)c(N)c1. The summed E-state index contributed by atoms with van der Waals surface area (Å²) in [5, 5.41) is 0. The van der Waals surface area contributed by atoms with Crippen molar-refractivity contribution in [2.24, 2.45) is 0 Å². The van der Waals surface area contributed by atoms with Crippen LogP contribution in [-0.4, -0.2) is 9.55 Å². The molecule has 15 heavy (non-hydrogen) atoms. The highest BCUT2D eigenvalue weighted by atomic mass is 79.9. The van der Waals surface area contributed by atoms with Gasteiger partial charge >= 0.3 is 0 Å². The molecule has 2 rings (SSSR count). The first-order chi connectivity index (χ1) is 7.16. The summed E-state index contributed by atoms with van der Waals surface area (Å²) in [5.74, 6) is 1.01. The van der Waals surface area contributed by atoms with Gasteiger partial charge in [-0.1, -0.05) is 6.07 Å². The molecule has 4 heteroatoms. The fraction of sp³-hybridized carbons (Fsp3) is 0.182. The van der Waals surface area contributed by atoms with Crippen molar-refractivity contribution in [1.29, 1.82) is 0 Å². The number of rotatable bonds is 2. The molecule has 0 radical (unpaired) electrons. The van der Waals surface area contributed by atoms with Crippen LogP contribution in [0.15, 0.2) is 35.1 Å². The predicted octanol–water partition coefficient (Wildman–Crippen LogP) is 2.58. The number of aryl methyl sites for hydroxylation is 1. The van der Waals surface area contributed by atoms with Crippen LogP contribution in [0, 0.1) is 6.92 Å². The average Bonchev–Trinajstić information content (AvgIpc) is 2.59. The van der Waals surface area contributed by atoms with E-state index in [0.717, 1.165) is 22.5 Å². The van der Waals surface area contributed by atoms with Gasteiger partial charge in [0.1, 0.15) is 5.82 Å². The van der Waals surface area contributed by atoms with E-state index >= 15 is 0 Å². The third-order valence-electron chi connectivity index (χ3n) is 2.34. The molecule has 1 heterocycles. The molecule has 0 amide bonds. The Labute approximate surface area is 97.1 Å². The molecule has 0 aliphatic rings. The van der Waals surface area contributed by atoms with Crippen molar-refractivity contribution < 1.29 is 0 Å². The molecule has 0 fully saturated rings. The van der Waals surface area contributed by atoms with Crippen LogP contribution in [-0.2, 0) is 6.54 Å². The van der Waals surface area contributed by atoms with Crippen molar-refractivity contribution in [3.8, 4) is 0 Å². The zero-order valence-corrected chi connectivity index (χ0v) is 10.0. The van der Waals surface area contributed by atoms with Crippen LogP contribution in [0.25, 0.3) is 0 Å². The van der Waals surface area contributed by atoms with Crippen LogP contribution in [0.1, 0.15) is 11.4 Å². The number of hydrogen-bond acceptors (Lipinski definition) is 2. The molecule has 78 valence electrons. The zero-order chi connectivity index (χ0) is 10.8. The molecular weight excluding hydrogens is 254 g/mol. The number of nitrogens with two attached hydrogens (primary N) is 1. The van der Waals surface area contributed by atoms with Crippen molar-refractivity contribution in [1.82, 2.24) is 9.55 Å². The molecule has 0 unspecified atom stereocenters. The molecule has 0 saturated carbocycles. The Morgan fingerprint density at radius 3 is 2.87 bits per heavy atom. The fourth-order valence-electron chi connectivity index (χ4n) is 1.46. The normalized spacial score (nSPS) is 10.5. The second-order valence-electron chi connectivity index (χ2n) is 3.46. The highest BCUT2D eigenvalue weighted by Gasteiger charge is 2.01. The van der Waals surface area contributed by atoms with Gasteiger partial charge in [0.25, 0.3) is 0 Å².